The fourth-order valence-electron chi connectivity index (χ4n) is 9.10. The van der Waals surface area contributed by atoms with Crippen LogP contribution in [0.4, 0.5) is 9.59 Å². The summed E-state index contributed by atoms with van der Waals surface area (Å²) < 4.78 is 15.8. The molecule has 1 aliphatic heterocycles. The van der Waals surface area contributed by atoms with E-state index in [1.165, 1.54) is 35.9 Å². The monoisotopic (exact) mass is 1050 g/mol. The number of ether oxygens (including phenoxy) is 3. The van der Waals surface area contributed by atoms with Gasteiger partial charge < -0.3 is 40.4 Å². The summed E-state index contributed by atoms with van der Waals surface area (Å²) in [6.45, 7) is 18.9. The second-order valence-electron chi connectivity index (χ2n) is 23.2. The molecule has 18 nitrogen and oxygen atoms in total. The molecule has 3 aromatic rings. The van der Waals surface area contributed by atoms with Gasteiger partial charge in [-0.25, -0.2) is 14.4 Å². The van der Waals surface area contributed by atoms with Crippen molar-refractivity contribution < 1.29 is 52.6 Å². The molecule has 1 heterocycles. The van der Waals surface area contributed by atoms with E-state index in [2.05, 4.69) is 27.3 Å². The fourth-order valence-corrected chi connectivity index (χ4v) is 9.10. The van der Waals surface area contributed by atoms with Crippen LogP contribution < -0.4 is 21.3 Å². The quantitative estimate of drug-likeness (QED) is 0.0833. The lowest BCUT2D eigenvalue weighted by molar-refractivity contribution is -0.145. The van der Waals surface area contributed by atoms with Gasteiger partial charge in [-0.3, -0.25) is 33.8 Å². The third kappa shape index (κ3) is 16.5. The first-order valence-electron chi connectivity index (χ1n) is 26.2. The van der Waals surface area contributed by atoms with Crippen molar-refractivity contribution in [2.24, 2.45) is 5.41 Å². The minimum atomic E-state index is -1.10. The third-order valence-corrected chi connectivity index (χ3v) is 13.8. The van der Waals surface area contributed by atoms with Gasteiger partial charge in [0.15, 0.2) is 0 Å². The minimum Gasteiger partial charge on any atom is -0.467 e. The number of aryl methyl sites for hydroxylation is 3. The van der Waals surface area contributed by atoms with Gasteiger partial charge in [-0.15, -0.1) is 0 Å². The largest absolute Gasteiger partial charge is 0.467 e. The first kappa shape index (κ1) is 59.9. The number of methoxy groups -OCH3 is 1. The molecule has 76 heavy (non-hydrogen) atoms. The van der Waals surface area contributed by atoms with Crippen LogP contribution in [-0.2, 0) is 63.9 Å². The Morgan fingerprint density at radius 3 is 1.72 bits per heavy atom. The molecular weight excluding hydrogens is 971 g/mol. The maximum absolute atomic E-state index is 14.8. The van der Waals surface area contributed by atoms with Gasteiger partial charge in [0.05, 0.1) is 13.2 Å². The topological polar surface area (TPSA) is 222 Å². The third-order valence-electron chi connectivity index (χ3n) is 13.8. The van der Waals surface area contributed by atoms with Crippen molar-refractivity contribution in [2.45, 2.75) is 175 Å². The number of esters is 1. The number of rotatable bonds is 17. The number of carbonyl (C=O) groups is 8. The molecule has 0 spiro atoms. The molecule has 0 bridgehead atoms. The molecule has 414 valence electrons. The molecule has 7 unspecified atom stereocenters. The Morgan fingerprint density at radius 2 is 1.20 bits per heavy atom. The molecule has 3 aromatic carbocycles. The summed E-state index contributed by atoms with van der Waals surface area (Å²) in [5, 5.41) is 11.9. The van der Waals surface area contributed by atoms with Gasteiger partial charge in [-0.1, -0.05) is 81.4 Å². The SMILES string of the molecule is COC(=O)C(Cc1ccc(CCc2ccc(C(=O)NC3CC(C(=O)NC4CCCc5ccccc54)N(C(=O)C(NC(=O)C(C)N(C)C(=O)OC(C)(C)C)C(C)(C)C)C3)cc2)cc1)NC(=O)C(C)N(C)C(=O)OC(C)(C)C. The summed E-state index contributed by atoms with van der Waals surface area (Å²) >= 11 is 0. The van der Waals surface area contributed by atoms with Gasteiger partial charge in [0, 0.05) is 38.7 Å². The lowest BCUT2D eigenvalue weighted by Crippen LogP contribution is -2.60. The number of nitrogens with one attached hydrogen (secondary N) is 4. The molecule has 1 saturated heterocycles. The molecular formula is C58H81N7O11. The number of likely N-dealkylation sites (tertiary alicyclic amines) is 1. The van der Waals surface area contributed by atoms with Crippen molar-refractivity contribution in [3.63, 3.8) is 0 Å². The van der Waals surface area contributed by atoms with E-state index in [9.17, 15) is 38.4 Å². The van der Waals surface area contributed by atoms with Crippen molar-refractivity contribution in [2.75, 3.05) is 27.7 Å². The molecule has 1 aliphatic carbocycles. The molecule has 0 saturated carbocycles. The van der Waals surface area contributed by atoms with Crippen molar-refractivity contribution in [1.29, 1.82) is 0 Å². The number of benzene rings is 3. The van der Waals surface area contributed by atoms with Crippen molar-refractivity contribution in [1.82, 2.24) is 36.0 Å². The summed E-state index contributed by atoms with van der Waals surface area (Å²) in [7, 11) is 4.16. The fraction of sp³-hybridized carbons (Fsp3) is 0.552. The highest BCUT2D eigenvalue weighted by Gasteiger charge is 2.46. The van der Waals surface area contributed by atoms with Crippen LogP contribution in [0.2, 0.25) is 0 Å². The number of fused-ring (bicyclic) bond motifs is 1. The summed E-state index contributed by atoms with van der Waals surface area (Å²) in [5.41, 5.74) is 3.04. The van der Waals surface area contributed by atoms with Crippen molar-refractivity contribution >= 4 is 47.7 Å². The maximum Gasteiger partial charge on any atom is 0.410 e. The Bertz CT molecular complexity index is 2560. The summed E-state index contributed by atoms with van der Waals surface area (Å²) in [6, 6.07) is 17.1. The predicted molar refractivity (Wildman–Crippen MR) is 288 cm³/mol. The average Bonchev–Trinajstić information content (AvgIpc) is 3.78. The zero-order valence-corrected chi connectivity index (χ0v) is 47.0. The van der Waals surface area contributed by atoms with Crippen LogP contribution >= 0.6 is 0 Å². The van der Waals surface area contributed by atoms with E-state index in [-0.39, 0.29) is 37.2 Å². The van der Waals surface area contributed by atoms with Crippen LogP contribution in [0.5, 0.6) is 0 Å². The van der Waals surface area contributed by atoms with E-state index in [0.29, 0.717) is 18.4 Å². The van der Waals surface area contributed by atoms with Crippen LogP contribution in [0.3, 0.4) is 0 Å². The molecule has 4 N–H and O–H groups in total. The predicted octanol–water partition coefficient (Wildman–Crippen LogP) is 6.61. The number of likely N-dealkylation sites (N-methyl/N-ethyl adjacent to an activating group) is 2. The van der Waals surface area contributed by atoms with Gasteiger partial charge in [0.2, 0.25) is 23.6 Å². The van der Waals surface area contributed by atoms with Gasteiger partial charge in [-0.05, 0) is 139 Å². The van der Waals surface area contributed by atoms with E-state index < -0.39 is 88.7 Å². The summed E-state index contributed by atoms with van der Waals surface area (Å²) in [5.74, 6) is -2.95. The number of hydrogen-bond donors (Lipinski definition) is 4. The molecule has 18 heteroatoms. The Kier molecular flexibility index (Phi) is 19.9. The Hall–Kier alpha value is -6.98. The molecule has 1 fully saturated rings. The van der Waals surface area contributed by atoms with Gasteiger partial charge in [-0.2, -0.15) is 0 Å². The van der Waals surface area contributed by atoms with E-state index in [4.69, 9.17) is 14.2 Å². The number of amides is 7. The number of nitrogens with zero attached hydrogens (tertiary/aromatic N) is 3. The highest BCUT2D eigenvalue weighted by molar-refractivity contribution is 5.97. The van der Waals surface area contributed by atoms with Crippen LogP contribution in [0.15, 0.2) is 72.8 Å². The second kappa shape index (κ2) is 25.2. The number of hydrogen-bond acceptors (Lipinski definition) is 11. The first-order chi connectivity index (χ1) is 35.5. The van der Waals surface area contributed by atoms with E-state index in [0.717, 1.165) is 47.1 Å². The van der Waals surface area contributed by atoms with E-state index >= 15 is 0 Å². The smallest absolute Gasteiger partial charge is 0.410 e. The zero-order chi connectivity index (χ0) is 56.4. The normalized spacial score (nSPS) is 18.1. The van der Waals surface area contributed by atoms with E-state index in [1.807, 2.05) is 75.4 Å². The molecule has 7 atom stereocenters. The second-order valence-corrected chi connectivity index (χ2v) is 23.2. The van der Waals surface area contributed by atoms with Gasteiger partial charge >= 0.3 is 18.2 Å². The Balaban J connectivity index is 1.24. The summed E-state index contributed by atoms with van der Waals surface area (Å²) in [6.07, 6.45) is 2.80. The maximum atomic E-state index is 14.8. The lowest BCUT2D eigenvalue weighted by atomic mass is 9.85. The molecule has 0 radical (unpaired) electrons. The molecule has 7 amide bonds. The molecule has 2 aliphatic rings. The lowest BCUT2D eigenvalue weighted by Gasteiger charge is -2.37. The van der Waals surface area contributed by atoms with Gasteiger partial charge in [0.25, 0.3) is 5.91 Å². The van der Waals surface area contributed by atoms with Crippen LogP contribution in [0.25, 0.3) is 0 Å². The van der Waals surface area contributed by atoms with Crippen LogP contribution in [0, 0.1) is 5.41 Å². The molecule has 5 rings (SSSR count). The molecule has 0 aromatic heterocycles. The summed E-state index contributed by atoms with van der Waals surface area (Å²) in [4.78, 5) is 112. The van der Waals surface area contributed by atoms with Crippen molar-refractivity contribution in [3.05, 3.63) is 106 Å². The highest BCUT2D eigenvalue weighted by atomic mass is 16.6. The van der Waals surface area contributed by atoms with Crippen molar-refractivity contribution in [3.8, 4) is 0 Å². The first-order valence-corrected chi connectivity index (χ1v) is 26.2. The van der Waals surface area contributed by atoms with Gasteiger partial charge in [0.1, 0.15) is 41.4 Å². The zero-order valence-electron chi connectivity index (χ0n) is 47.0. The van der Waals surface area contributed by atoms with Crippen LogP contribution in [-0.4, -0.2) is 138 Å². The number of carbonyl (C=O) groups excluding carboxylic acids is 8. The highest BCUT2D eigenvalue weighted by Crippen LogP contribution is 2.32. The van der Waals surface area contributed by atoms with Crippen LogP contribution in [0.1, 0.15) is 140 Å². The average molecular weight is 1050 g/mol. The Morgan fingerprint density at radius 1 is 0.684 bits per heavy atom. The minimum absolute atomic E-state index is 0.0151. The van der Waals surface area contributed by atoms with E-state index in [1.54, 1.807) is 67.5 Å². The standard InChI is InChI=1S/C58H81N7O11/c1-35(63(12)54(72)75-57(6,7)8)48(66)61-45(53(71)74-14)32-39-26-24-37(25-27-39)22-23-38-28-30-41(31-29-38)50(68)59-42-33-46(51(69)60-44-21-17-19-40-18-15-16-20-43(40)44)65(34-42)52(70)47(56(3,4)5)62-49(67)36(2)64(13)55(73)76-58(9,10)11/h15-16,18,20,24-31,35-36,42,44-47H,17,19,21-23,32-34H2,1-14H3,(H,59,68)(H,60,69)(H,61,66)(H,62,67). The Labute approximate surface area is 448 Å².